The predicted molar refractivity (Wildman–Crippen MR) is 47.7 cm³/mol. The third-order valence-electron chi connectivity index (χ3n) is 2.89. The highest BCUT2D eigenvalue weighted by Crippen LogP contribution is 2.38. The maximum atomic E-state index is 13.3. The quantitative estimate of drug-likeness (QED) is 0.624. The Kier molecular flexibility index (Phi) is 2.06. The van der Waals surface area contributed by atoms with Crippen LogP contribution in [-0.4, -0.2) is 0 Å². The van der Waals surface area contributed by atoms with Crippen LogP contribution in [0.25, 0.3) is 0 Å². The molecule has 1 aliphatic carbocycles. The summed E-state index contributed by atoms with van der Waals surface area (Å²) in [6.07, 6.45) is 2.48. The molecule has 13 heavy (non-hydrogen) atoms. The summed E-state index contributed by atoms with van der Waals surface area (Å²) in [5, 5.41) is 0. The van der Waals surface area contributed by atoms with E-state index in [0.29, 0.717) is 17.5 Å². The second-order valence-electron chi connectivity index (χ2n) is 3.57. The summed E-state index contributed by atoms with van der Waals surface area (Å²) >= 11 is 0. The van der Waals surface area contributed by atoms with Gasteiger partial charge < -0.3 is 0 Å². The van der Waals surface area contributed by atoms with Crippen LogP contribution in [0.3, 0.4) is 0 Å². The van der Waals surface area contributed by atoms with E-state index in [9.17, 15) is 8.78 Å². The third kappa shape index (κ3) is 1.25. The molecule has 0 heterocycles. The molecule has 2 heteroatoms. The van der Waals surface area contributed by atoms with Gasteiger partial charge in [-0.25, -0.2) is 8.78 Å². The summed E-state index contributed by atoms with van der Waals surface area (Å²) < 4.78 is 26.6. The zero-order valence-corrected chi connectivity index (χ0v) is 7.61. The Labute approximate surface area is 76.6 Å². The summed E-state index contributed by atoms with van der Waals surface area (Å²) in [4.78, 5) is 0. The lowest BCUT2D eigenvalue weighted by Gasteiger charge is -2.09. The molecule has 0 saturated carbocycles. The van der Waals surface area contributed by atoms with E-state index in [4.69, 9.17) is 0 Å². The zero-order chi connectivity index (χ0) is 9.42. The van der Waals surface area contributed by atoms with Gasteiger partial charge in [0, 0.05) is 0 Å². The van der Waals surface area contributed by atoms with E-state index in [1.807, 2.05) is 6.92 Å². The molecule has 0 radical (unpaired) electrons. The van der Waals surface area contributed by atoms with Gasteiger partial charge in [-0.15, -0.1) is 0 Å². The number of hydrogen-bond acceptors (Lipinski definition) is 0. The number of fused-ring (bicyclic) bond motifs is 1. The van der Waals surface area contributed by atoms with Crippen molar-refractivity contribution in [3.8, 4) is 0 Å². The number of halogens is 2. The van der Waals surface area contributed by atoms with Crippen molar-refractivity contribution in [1.82, 2.24) is 0 Å². The van der Waals surface area contributed by atoms with Crippen LogP contribution >= 0.6 is 0 Å². The molecule has 0 N–H and O–H groups in total. The van der Waals surface area contributed by atoms with Crippen molar-refractivity contribution in [1.29, 1.82) is 0 Å². The van der Waals surface area contributed by atoms with Crippen LogP contribution in [0, 0.1) is 11.6 Å². The van der Waals surface area contributed by atoms with Crippen LogP contribution in [0.4, 0.5) is 8.78 Å². The molecule has 0 nitrogen and oxygen atoms in total. The van der Waals surface area contributed by atoms with Gasteiger partial charge in [0.1, 0.15) is 11.6 Å². The minimum atomic E-state index is -0.243. The third-order valence-corrected chi connectivity index (χ3v) is 2.89. The molecule has 1 aliphatic rings. The van der Waals surface area contributed by atoms with Gasteiger partial charge in [0.2, 0.25) is 0 Å². The van der Waals surface area contributed by atoms with Crippen molar-refractivity contribution in [3.05, 3.63) is 34.9 Å². The molecule has 0 fully saturated rings. The normalized spacial score (nSPS) is 20.4. The van der Waals surface area contributed by atoms with Crippen molar-refractivity contribution in [2.24, 2.45) is 0 Å². The highest BCUT2D eigenvalue weighted by atomic mass is 19.1. The first kappa shape index (κ1) is 8.67. The van der Waals surface area contributed by atoms with Crippen LogP contribution in [0.5, 0.6) is 0 Å². The van der Waals surface area contributed by atoms with Gasteiger partial charge >= 0.3 is 0 Å². The molecule has 1 atom stereocenters. The van der Waals surface area contributed by atoms with Crippen molar-refractivity contribution in [2.75, 3.05) is 0 Å². The lowest BCUT2D eigenvalue weighted by molar-refractivity contribution is 0.565. The van der Waals surface area contributed by atoms with Crippen molar-refractivity contribution in [2.45, 2.75) is 32.1 Å². The highest BCUT2D eigenvalue weighted by molar-refractivity contribution is 5.37. The Morgan fingerprint density at radius 2 is 2.00 bits per heavy atom. The average Bonchev–Trinajstić information content (AvgIpc) is 2.56. The number of hydrogen-bond donors (Lipinski definition) is 0. The molecule has 0 amide bonds. The molecule has 0 spiro atoms. The minimum Gasteiger partial charge on any atom is -0.207 e. The number of benzene rings is 1. The van der Waals surface area contributed by atoms with E-state index < -0.39 is 0 Å². The predicted octanol–water partition coefficient (Wildman–Crippen LogP) is 3.40. The molecule has 0 bridgehead atoms. The first-order chi connectivity index (χ1) is 6.24. The van der Waals surface area contributed by atoms with Gasteiger partial charge in [-0.3, -0.25) is 0 Å². The molecule has 0 aliphatic heterocycles. The Balaban J connectivity index is 2.55. The Morgan fingerprint density at radius 3 is 2.69 bits per heavy atom. The second kappa shape index (κ2) is 3.09. The van der Waals surface area contributed by atoms with Gasteiger partial charge in [0.05, 0.1) is 0 Å². The average molecular weight is 182 g/mol. The van der Waals surface area contributed by atoms with Gasteiger partial charge in [0.25, 0.3) is 0 Å². The monoisotopic (exact) mass is 182 g/mol. The van der Waals surface area contributed by atoms with E-state index in [0.717, 1.165) is 12.8 Å². The first-order valence-electron chi connectivity index (χ1n) is 4.70. The molecule has 0 aromatic heterocycles. The van der Waals surface area contributed by atoms with E-state index in [2.05, 4.69) is 0 Å². The van der Waals surface area contributed by atoms with Gasteiger partial charge in [-0.05, 0) is 48.4 Å². The minimum absolute atomic E-state index is 0.227. The molecular formula is C11H12F2. The van der Waals surface area contributed by atoms with Gasteiger partial charge in [-0.2, -0.15) is 0 Å². The maximum Gasteiger partial charge on any atom is 0.127 e. The lowest BCUT2D eigenvalue weighted by atomic mass is 9.98. The van der Waals surface area contributed by atoms with Gasteiger partial charge in [-0.1, -0.05) is 6.92 Å². The Hall–Kier alpha value is -0.920. The van der Waals surface area contributed by atoms with E-state index in [1.54, 1.807) is 0 Å². The van der Waals surface area contributed by atoms with Crippen LogP contribution in [-0.2, 0) is 6.42 Å². The van der Waals surface area contributed by atoms with Crippen molar-refractivity contribution in [3.63, 3.8) is 0 Å². The smallest absolute Gasteiger partial charge is 0.127 e. The SMILES string of the molecule is CCC1CCc2c(F)ccc(F)c21. The zero-order valence-electron chi connectivity index (χ0n) is 7.61. The van der Waals surface area contributed by atoms with Crippen LogP contribution in [0.1, 0.15) is 36.8 Å². The molecule has 1 aromatic rings. The molecule has 1 unspecified atom stereocenters. The standard InChI is InChI=1S/C11H12F2/c1-2-7-3-4-8-9(12)5-6-10(13)11(7)8/h5-7H,2-4H2,1H3. The molecule has 2 rings (SSSR count). The molecule has 0 saturated heterocycles. The maximum absolute atomic E-state index is 13.3. The van der Waals surface area contributed by atoms with Crippen LogP contribution < -0.4 is 0 Å². The summed E-state index contributed by atoms with van der Waals surface area (Å²) in [5.74, 6) is -0.251. The number of rotatable bonds is 1. The Bertz CT molecular complexity index is 331. The Morgan fingerprint density at radius 1 is 1.31 bits per heavy atom. The van der Waals surface area contributed by atoms with E-state index in [1.165, 1.54) is 12.1 Å². The second-order valence-corrected chi connectivity index (χ2v) is 3.57. The van der Waals surface area contributed by atoms with Gasteiger partial charge in [0.15, 0.2) is 0 Å². The summed E-state index contributed by atoms with van der Waals surface area (Å²) in [5.41, 5.74) is 1.23. The van der Waals surface area contributed by atoms with E-state index >= 15 is 0 Å². The van der Waals surface area contributed by atoms with Crippen molar-refractivity contribution < 1.29 is 8.78 Å². The molecule has 1 aromatic carbocycles. The topological polar surface area (TPSA) is 0 Å². The fourth-order valence-corrected chi connectivity index (χ4v) is 2.18. The molecular weight excluding hydrogens is 170 g/mol. The molecule has 70 valence electrons. The van der Waals surface area contributed by atoms with Crippen LogP contribution in [0.2, 0.25) is 0 Å². The summed E-state index contributed by atoms with van der Waals surface area (Å²) in [6, 6.07) is 2.47. The van der Waals surface area contributed by atoms with E-state index in [-0.39, 0.29) is 17.6 Å². The van der Waals surface area contributed by atoms with Crippen molar-refractivity contribution >= 4 is 0 Å². The first-order valence-corrected chi connectivity index (χ1v) is 4.70. The fourth-order valence-electron chi connectivity index (χ4n) is 2.18. The fraction of sp³-hybridized carbons (Fsp3) is 0.455. The van der Waals surface area contributed by atoms with Crippen LogP contribution in [0.15, 0.2) is 12.1 Å². The summed E-state index contributed by atoms with van der Waals surface area (Å²) in [7, 11) is 0. The highest BCUT2D eigenvalue weighted by Gasteiger charge is 2.26. The lowest BCUT2D eigenvalue weighted by Crippen LogP contribution is -1.97. The largest absolute Gasteiger partial charge is 0.207 e. The summed E-state index contributed by atoms with van der Waals surface area (Å²) in [6.45, 7) is 2.02.